The number of para-hydroxylation sites is 2. The number of nitrogens with one attached hydrogen (secondary N) is 1. The molecule has 104 valence electrons. The van der Waals surface area contributed by atoms with E-state index in [2.05, 4.69) is 5.32 Å². The first-order valence-corrected chi connectivity index (χ1v) is 6.70. The number of anilines is 2. The normalized spacial score (nSPS) is 13.1. The Hall–Kier alpha value is -2.23. The Labute approximate surface area is 118 Å². The Bertz CT molecular complexity index is 615. The molecule has 0 aliphatic carbocycles. The summed E-state index contributed by atoms with van der Waals surface area (Å²) in [6, 6.07) is 12.8. The van der Waals surface area contributed by atoms with Crippen LogP contribution in [0.5, 0.6) is 5.75 Å². The molecule has 1 N–H and O–H groups in total. The fourth-order valence-corrected chi connectivity index (χ4v) is 2.46. The van der Waals surface area contributed by atoms with Crippen molar-refractivity contribution in [1.29, 1.82) is 0 Å². The maximum Gasteiger partial charge on any atom is 0.147 e. The zero-order valence-corrected chi connectivity index (χ0v) is 11.4. The van der Waals surface area contributed by atoms with E-state index in [-0.39, 0.29) is 5.82 Å². The molecular weight excluding hydrogens is 255 g/mol. The van der Waals surface area contributed by atoms with E-state index >= 15 is 0 Å². The van der Waals surface area contributed by atoms with Crippen LogP contribution in [0.25, 0.3) is 0 Å². The van der Waals surface area contributed by atoms with Crippen LogP contribution in [0.2, 0.25) is 0 Å². The van der Waals surface area contributed by atoms with Gasteiger partial charge in [-0.3, -0.25) is 0 Å². The first kappa shape index (κ1) is 12.8. The minimum Gasteiger partial charge on any atom is -0.489 e. The summed E-state index contributed by atoms with van der Waals surface area (Å²) in [6.45, 7) is 2.08. The molecule has 1 aliphatic heterocycles. The number of halogens is 1. The van der Waals surface area contributed by atoms with Crippen LogP contribution in [-0.4, -0.2) is 20.2 Å². The van der Waals surface area contributed by atoms with E-state index in [9.17, 15) is 4.39 Å². The number of rotatable bonds is 3. The maximum absolute atomic E-state index is 13.8. The van der Waals surface area contributed by atoms with Crippen LogP contribution in [0.15, 0.2) is 42.5 Å². The van der Waals surface area contributed by atoms with Crippen molar-refractivity contribution in [2.75, 3.05) is 30.4 Å². The summed E-state index contributed by atoms with van der Waals surface area (Å²) in [5.74, 6) is 0.667. The average molecular weight is 272 g/mol. The molecule has 0 unspecified atom stereocenters. The Kier molecular flexibility index (Phi) is 3.46. The molecule has 2 aromatic carbocycles. The van der Waals surface area contributed by atoms with Gasteiger partial charge in [-0.05, 0) is 18.2 Å². The summed E-state index contributed by atoms with van der Waals surface area (Å²) in [5.41, 5.74) is 2.66. The van der Waals surface area contributed by atoms with Gasteiger partial charge in [-0.15, -0.1) is 0 Å². The monoisotopic (exact) mass is 272 g/mol. The fourth-order valence-electron chi connectivity index (χ4n) is 2.46. The van der Waals surface area contributed by atoms with Crippen molar-refractivity contribution in [3.8, 4) is 5.75 Å². The first-order chi connectivity index (χ1) is 9.75. The van der Waals surface area contributed by atoms with Crippen molar-refractivity contribution in [1.82, 2.24) is 0 Å². The number of fused-ring (bicyclic) bond motifs is 1. The minimum absolute atomic E-state index is 0.209. The lowest BCUT2D eigenvalue weighted by molar-refractivity contribution is 0.319. The second-order valence-corrected chi connectivity index (χ2v) is 4.88. The maximum atomic E-state index is 13.8. The number of benzene rings is 2. The molecule has 3 nitrogen and oxygen atoms in total. The Morgan fingerprint density at radius 1 is 1.20 bits per heavy atom. The number of hydrogen-bond donors (Lipinski definition) is 1. The van der Waals surface area contributed by atoms with E-state index < -0.39 is 0 Å². The van der Waals surface area contributed by atoms with Gasteiger partial charge in [-0.25, -0.2) is 4.39 Å². The summed E-state index contributed by atoms with van der Waals surface area (Å²) in [6.07, 6.45) is 0. The van der Waals surface area contributed by atoms with Crippen LogP contribution in [0.3, 0.4) is 0 Å². The molecule has 0 aromatic heterocycles. The molecule has 0 atom stereocenters. The van der Waals surface area contributed by atoms with Crippen LogP contribution in [0.4, 0.5) is 15.8 Å². The molecule has 0 amide bonds. The first-order valence-electron chi connectivity index (χ1n) is 6.70. The van der Waals surface area contributed by atoms with Gasteiger partial charge in [0.1, 0.15) is 18.2 Å². The predicted molar refractivity (Wildman–Crippen MR) is 78.9 cm³/mol. The highest BCUT2D eigenvalue weighted by Gasteiger charge is 2.16. The molecule has 0 spiro atoms. The molecule has 0 radical (unpaired) electrons. The van der Waals surface area contributed by atoms with E-state index in [1.807, 2.05) is 36.2 Å². The molecule has 1 aliphatic rings. The average Bonchev–Trinajstić information content (AvgIpc) is 2.48. The second-order valence-electron chi connectivity index (χ2n) is 4.88. The molecule has 4 heteroatoms. The van der Waals surface area contributed by atoms with Crippen LogP contribution >= 0.6 is 0 Å². The molecular formula is C16H17FN2O. The van der Waals surface area contributed by atoms with Crippen LogP contribution in [-0.2, 0) is 6.54 Å². The summed E-state index contributed by atoms with van der Waals surface area (Å²) in [7, 11) is 1.88. The minimum atomic E-state index is -0.209. The zero-order valence-electron chi connectivity index (χ0n) is 11.4. The van der Waals surface area contributed by atoms with Gasteiger partial charge < -0.3 is 15.0 Å². The fraction of sp³-hybridized carbons (Fsp3) is 0.250. The van der Waals surface area contributed by atoms with Gasteiger partial charge in [-0.2, -0.15) is 0 Å². The van der Waals surface area contributed by atoms with Gasteiger partial charge in [0.25, 0.3) is 0 Å². The van der Waals surface area contributed by atoms with E-state index in [1.165, 1.54) is 6.07 Å². The van der Waals surface area contributed by atoms with Crippen molar-refractivity contribution < 1.29 is 9.13 Å². The molecule has 0 saturated carbocycles. The number of nitrogens with zero attached hydrogens (tertiary/aromatic N) is 1. The third-order valence-corrected chi connectivity index (χ3v) is 3.43. The van der Waals surface area contributed by atoms with Crippen molar-refractivity contribution in [2.24, 2.45) is 0 Å². The molecule has 1 heterocycles. The van der Waals surface area contributed by atoms with Crippen molar-refractivity contribution in [3.05, 3.63) is 53.8 Å². The molecule has 0 saturated heterocycles. The van der Waals surface area contributed by atoms with Crippen molar-refractivity contribution >= 4 is 11.4 Å². The topological polar surface area (TPSA) is 24.5 Å². The van der Waals surface area contributed by atoms with E-state index in [4.69, 9.17) is 4.74 Å². The highest BCUT2D eigenvalue weighted by atomic mass is 19.1. The smallest absolute Gasteiger partial charge is 0.147 e. The van der Waals surface area contributed by atoms with Gasteiger partial charge in [0, 0.05) is 25.7 Å². The van der Waals surface area contributed by atoms with Gasteiger partial charge in [-0.1, -0.05) is 24.3 Å². The van der Waals surface area contributed by atoms with Gasteiger partial charge in [0.15, 0.2) is 0 Å². The third kappa shape index (κ3) is 2.41. The molecule has 2 aromatic rings. The van der Waals surface area contributed by atoms with E-state index in [1.54, 1.807) is 12.1 Å². The Morgan fingerprint density at radius 3 is 2.90 bits per heavy atom. The standard InChI is InChI=1S/C16H17FN2O/c1-19(15-8-3-2-6-13(15)17)11-12-5-4-7-14-16(12)20-10-9-18-14/h2-8,18H,9-11H2,1H3. The highest BCUT2D eigenvalue weighted by Crippen LogP contribution is 2.32. The second kappa shape index (κ2) is 5.41. The Balaban J connectivity index is 1.86. The van der Waals surface area contributed by atoms with Crippen LogP contribution in [0.1, 0.15) is 5.56 Å². The largest absolute Gasteiger partial charge is 0.489 e. The zero-order chi connectivity index (χ0) is 13.9. The lowest BCUT2D eigenvalue weighted by Gasteiger charge is -2.25. The Morgan fingerprint density at radius 2 is 2.05 bits per heavy atom. The molecule has 0 bridgehead atoms. The van der Waals surface area contributed by atoms with E-state index in [0.29, 0.717) is 18.8 Å². The van der Waals surface area contributed by atoms with Gasteiger partial charge >= 0.3 is 0 Å². The quantitative estimate of drug-likeness (QED) is 0.928. The van der Waals surface area contributed by atoms with Crippen LogP contribution < -0.4 is 15.0 Å². The summed E-state index contributed by atoms with van der Waals surface area (Å²) in [5, 5.41) is 3.31. The predicted octanol–water partition coefficient (Wildman–Crippen LogP) is 3.27. The SMILES string of the molecule is CN(Cc1cccc2c1OCCN2)c1ccccc1F. The van der Waals surface area contributed by atoms with Crippen molar-refractivity contribution in [3.63, 3.8) is 0 Å². The summed E-state index contributed by atoms with van der Waals surface area (Å²) >= 11 is 0. The molecule has 20 heavy (non-hydrogen) atoms. The summed E-state index contributed by atoms with van der Waals surface area (Å²) in [4.78, 5) is 1.89. The molecule has 3 rings (SSSR count). The highest BCUT2D eigenvalue weighted by molar-refractivity contribution is 5.62. The lowest BCUT2D eigenvalue weighted by Crippen LogP contribution is -2.22. The number of ether oxygens (including phenoxy) is 1. The summed E-state index contributed by atoms with van der Waals surface area (Å²) < 4.78 is 19.5. The molecule has 0 fully saturated rings. The van der Waals surface area contributed by atoms with Crippen molar-refractivity contribution in [2.45, 2.75) is 6.54 Å². The third-order valence-electron chi connectivity index (χ3n) is 3.43. The van der Waals surface area contributed by atoms with Gasteiger partial charge in [0.05, 0.1) is 11.4 Å². The lowest BCUT2D eigenvalue weighted by atomic mass is 10.1. The van der Waals surface area contributed by atoms with Crippen LogP contribution in [0, 0.1) is 5.82 Å². The van der Waals surface area contributed by atoms with Gasteiger partial charge in [0.2, 0.25) is 0 Å². The number of hydrogen-bond acceptors (Lipinski definition) is 3. The van der Waals surface area contributed by atoms with E-state index in [0.717, 1.165) is 23.5 Å².